The van der Waals surface area contributed by atoms with Crippen molar-refractivity contribution < 1.29 is 15.0 Å². The zero-order chi connectivity index (χ0) is 12.8. The average molecular weight is 241 g/mol. The van der Waals surface area contributed by atoms with Gasteiger partial charge in [-0.25, -0.2) is 4.79 Å². The molecule has 0 saturated carbocycles. The summed E-state index contributed by atoms with van der Waals surface area (Å²) in [4.78, 5) is 11.0. The molecule has 3 N–H and O–H groups in total. The van der Waals surface area contributed by atoms with E-state index in [1.165, 1.54) is 6.20 Å². The minimum Gasteiger partial charge on any atom is -0.478 e. The lowest BCUT2D eigenvalue weighted by Crippen LogP contribution is -2.30. The van der Waals surface area contributed by atoms with Crippen LogP contribution in [0.4, 0.5) is 0 Å². The number of aliphatic hydroxyl groups excluding tert-OH is 1. The van der Waals surface area contributed by atoms with Gasteiger partial charge >= 0.3 is 5.97 Å². The van der Waals surface area contributed by atoms with E-state index in [0.29, 0.717) is 18.7 Å². The highest BCUT2D eigenvalue weighted by Crippen LogP contribution is 2.08. The molecule has 1 heterocycles. The summed E-state index contributed by atoms with van der Waals surface area (Å²) < 4.78 is 1.56. The fraction of sp³-hybridized carbons (Fsp3) is 0.636. The van der Waals surface area contributed by atoms with E-state index >= 15 is 0 Å². The van der Waals surface area contributed by atoms with Crippen LogP contribution in [-0.2, 0) is 13.6 Å². The van der Waals surface area contributed by atoms with Gasteiger partial charge in [0, 0.05) is 26.2 Å². The number of hydrogen-bond donors (Lipinski definition) is 3. The first kappa shape index (κ1) is 13.7. The lowest BCUT2D eigenvalue weighted by atomic mass is 10.1. The van der Waals surface area contributed by atoms with Gasteiger partial charge in [0.15, 0.2) is 0 Å². The number of carboxylic acids is 1. The van der Waals surface area contributed by atoms with Gasteiger partial charge in [-0.1, -0.05) is 6.92 Å². The first-order valence-electron chi connectivity index (χ1n) is 5.68. The molecule has 0 aliphatic heterocycles. The predicted octanol–water partition coefficient (Wildman–Crippen LogP) is 0.369. The smallest absolute Gasteiger partial charge is 0.339 e. The Morgan fingerprint density at radius 1 is 1.65 bits per heavy atom. The second-order valence-corrected chi connectivity index (χ2v) is 3.93. The molecule has 0 aromatic carbocycles. The van der Waals surface area contributed by atoms with Crippen molar-refractivity contribution in [3.63, 3.8) is 0 Å². The Morgan fingerprint density at radius 3 is 2.88 bits per heavy atom. The van der Waals surface area contributed by atoms with Crippen molar-refractivity contribution >= 4 is 5.97 Å². The lowest BCUT2D eigenvalue weighted by Gasteiger charge is -2.16. The van der Waals surface area contributed by atoms with Gasteiger partial charge in [-0.3, -0.25) is 4.68 Å². The molecule has 1 rings (SSSR count). The normalized spacial score (nSPS) is 12.6. The molecule has 0 aliphatic carbocycles. The van der Waals surface area contributed by atoms with Crippen LogP contribution in [0.3, 0.4) is 0 Å². The van der Waals surface area contributed by atoms with Crippen LogP contribution in [0.1, 0.15) is 35.8 Å². The molecule has 1 unspecified atom stereocenters. The summed E-state index contributed by atoms with van der Waals surface area (Å²) >= 11 is 0. The summed E-state index contributed by atoms with van der Waals surface area (Å²) in [7, 11) is 1.72. The van der Waals surface area contributed by atoms with Crippen LogP contribution in [0.2, 0.25) is 0 Å². The van der Waals surface area contributed by atoms with E-state index in [2.05, 4.69) is 10.4 Å². The van der Waals surface area contributed by atoms with Gasteiger partial charge in [0.05, 0.1) is 11.9 Å². The number of aromatic carboxylic acids is 1. The fourth-order valence-electron chi connectivity index (χ4n) is 1.70. The molecule has 0 aliphatic rings. The number of aryl methyl sites for hydroxylation is 1. The number of hydrogen-bond acceptors (Lipinski definition) is 4. The molecule has 0 saturated heterocycles. The highest BCUT2D eigenvalue weighted by molar-refractivity contribution is 5.88. The molecular formula is C11H19N3O3. The lowest BCUT2D eigenvalue weighted by molar-refractivity contribution is 0.0695. The van der Waals surface area contributed by atoms with Crippen LogP contribution in [0, 0.1) is 0 Å². The van der Waals surface area contributed by atoms with Crippen LogP contribution in [0.25, 0.3) is 0 Å². The maximum Gasteiger partial charge on any atom is 0.339 e. The Labute approximate surface area is 100 Å². The maximum atomic E-state index is 11.0. The van der Waals surface area contributed by atoms with E-state index in [1.807, 2.05) is 6.92 Å². The quantitative estimate of drug-likeness (QED) is 0.642. The topological polar surface area (TPSA) is 87.4 Å². The average Bonchev–Trinajstić information content (AvgIpc) is 2.66. The molecule has 0 fully saturated rings. The minimum absolute atomic E-state index is 0.128. The zero-order valence-electron chi connectivity index (χ0n) is 10.2. The number of rotatable bonds is 7. The second-order valence-electron chi connectivity index (χ2n) is 3.93. The van der Waals surface area contributed by atoms with Crippen LogP contribution >= 0.6 is 0 Å². The third kappa shape index (κ3) is 3.54. The standard InChI is InChI=1S/C11H19N3O3/c1-3-8(4-5-15)12-7-10-9(11(16)17)6-13-14(10)2/h6,8,12,15H,3-5,7H2,1-2H3,(H,16,17). The SMILES string of the molecule is CCC(CCO)NCc1c(C(=O)O)cnn1C. The summed E-state index contributed by atoms with van der Waals surface area (Å²) in [6.45, 7) is 2.59. The zero-order valence-corrected chi connectivity index (χ0v) is 10.2. The van der Waals surface area contributed by atoms with E-state index in [4.69, 9.17) is 10.2 Å². The first-order valence-corrected chi connectivity index (χ1v) is 5.68. The van der Waals surface area contributed by atoms with Gasteiger partial charge < -0.3 is 15.5 Å². The highest BCUT2D eigenvalue weighted by atomic mass is 16.4. The van der Waals surface area contributed by atoms with Crippen molar-refractivity contribution in [2.45, 2.75) is 32.4 Å². The Morgan fingerprint density at radius 2 is 2.35 bits per heavy atom. The van der Waals surface area contributed by atoms with Gasteiger partial charge in [0.25, 0.3) is 0 Å². The largest absolute Gasteiger partial charge is 0.478 e. The third-order valence-electron chi connectivity index (χ3n) is 2.82. The number of nitrogens with one attached hydrogen (secondary N) is 1. The molecule has 6 heteroatoms. The van der Waals surface area contributed by atoms with Crippen molar-refractivity contribution in [3.8, 4) is 0 Å². The predicted molar refractivity (Wildman–Crippen MR) is 62.8 cm³/mol. The number of carbonyl (C=O) groups is 1. The Bertz CT molecular complexity index is 376. The van der Waals surface area contributed by atoms with E-state index in [-0.39, 0.29) is 18.2 Å². The van der Waals surface area contributed by atoms with E-state index < -0.39 is 5.97 Å². The molecule has 1 aromatic heterocycles. The molecule has 96 valence electrons. The molecule has 1 atom stereocenters. The number of aliphatic hydroxyl groups is 1. The van der Waals surface area contributed by atoms with Crippen molar-refractivity contribution in [2.75, 3.05) is 6.61 Å². The van der Waals surface area contributed by atoms with Gasteiger partial charge in [0.2, 0.25) is 0 Å². The molecule has 17 heavy (non-hydrogen) atoms. The Hall–Kier alpha value is -1.40. The first-order chi connectivity index (χ1) is 8.10. The fourth-order valence-corrected chi connectivity index (χ4v) is 1.70. The monoisotopic (exact) mass is 241 g/mol. The van der Waals surface area contributed by atoms with E-state index in [9.17, 15) is 4.79 Å². The number of aromatic nitrogens is 2. The van der Waals surface area contributed by atoms with Crippen LogP contribution in [-0.4, -0.2) is 38.6 Å². The summed E-state index contributed by atoms with van der Waals surface area (Å²) in [6, 6.07) is 0.191. The molecule has 0 bridgehead atoms. The molecule has 1 aromatic rings. The maximum absolute atomic E-state index is 11.0. The van der Waals surface area contributed by atoms with Crippen molar-refractivity contribution in [2.24, 2.45) is 7.05 Å². The van der Waals surface area contributed by atoms with E-state index in [0.717, 1.165) is 6.42 Å². The van der Waals surface area contributed by atoms with Gasteiger partial charge in [-0.15, -0.1) is 0 Å². The highest BCUT2D eigenvalue weighted by Gasteiger charge is 2.15. The van der Waals surface area contributed by atoms with Gasteiger partial charge in [-0.05, 0) is 12.8 Å². The summed E-state index contributed by atoms with van der Waals surface area (Å²) in [6.07, 6.45) is 2.91. The molecular weight excluding hydrogens is 222 g/mol. The number of nitrogens with zero attached hydrogens (tertiary/aromatic N) is 2. The van der Waals surface area contributed by atoms with Crippen LogP contribution in [0.5, 0.6) is 0 Å². The van der Waals surface area contributed by atoms with Gasteiger partial charge in [0.1, 0.15) is 5.56 Å². The minimum atomic E-state index is -0.967. The van der Waals surface area contributed by atoms with Crippen molar-refractivity contribution in [1.82, 2.24) is 15.1 Å². The molecule has 6 nitrogen and oxygen atoms in total. The van der Waals surface area contributed by atoms with Crippen molar-refractivity contribution in [3.05, 3.63) is 17.5 Å². The molecule has 0 amide bonds. The Balaban J connectivity index is 2.67. The molecule has 0 radical (unpaired) electrons. The summed E-state index contributed by atoms with van der Waals surface area (Å²) in [5.74, 6) is -0.967. The third-order valence-corrected chi connectivity index (χ3v) is 2.82. The molecule has 0 spiro atoms. The van der Waals surface area contributed by atoms with E-state index in [1.54, 1.807) is 11.7 Å². The summed E-state index contributed by atoms with van der Waals surface area (Å²) in [5.41, 5.74) is 0.868. The van der Waals surface area contributed by atoms with Crippen LogP contribution < -0.4 is 5.32 Å². The summed E-state index contributed by atoms with van der Waals surface area (Å²) in [5, 5.41) is 25.0. The van der Waals surface area contributed by atoms with Crippen molar-refractivity contribution in [1.29, 1.82) is 0 Å². The number of carboxylic acid groups (broad SMARTS) is 1. The second kappa shape index (κ2) is 6.36. The van der Waals surface area contributed by atoms with Gasteiger partial charge in [-0.2, -0.15) is 5.10 Å². The Kier molecular flexibility index (Phi) is 5.11. The van der Waals surface area contributed by atoms with Crippen LogP contribution in [0.15, 0.2) is 6.20 Å².